The number of ether oxygens (including phenoxy) is 1. The normalized spacial score (nSPS) is 14.7. The van der Waals surface area contributed by atoms with Crippen molar-refractivity contribution in [2.24, 2.45) is 0 Å². The van der Waals surface area contributed by atoms with Crippen molar-refractivity contribution in [2.75, 3.05) is 55.5 Å². The zero-order valence-corrected chi connectivity index (χ0v) is 13.0. The second-order valence-corrected chi connectivity index (χ2v) is 5.43. The Morgan fingerprint density at radius 3 is 2.50 bits per heavy atom. The molecule has 1 aliphatic heterocycles. The van der Waals surface area contributed by atoms with Crippen molar-refractivity contribution in [1.29, 1.82) is 0 Å². The van der Waals surface area contributed by atoms with Gasteiger partial charge in [0.1, 0.15) is 18.0 Å². The molecular weight excluding hydrogens is 278 g/mol. The summed E-state index contributed by atoms with van der Waals surface area (Å²) in [6.07, 6.45) is 1.57. The van der Waals surface area contributed by atoms with Crippen LogP contribution in [0.1, 0.15) is 0 Å². The minimum Gasteiger partial charge on any atom is -0.378 e. The van der Waals surface area contributed by atoms with E-state index in [1.807, 2.05) is 25.1 Å². The number of hydrogen-bond donors (Lipinski definition) is 1. The molecule has 22 heavy (non-hydrogen) atoms. The zero-order valence-electron chi connectivity index (χ0n) is 13.0. The van der Waals surface area contributed by atoms with Crippen molar-refractivity contribution in [2.45, 2.75) is 0 Å². The van der Waals surface area contributed by atoms with Gasteiger partial charge in [0, 0.05) is 44.6 Å². The molecule has 0 aliphatic carbocycles. The molecule has 1 saturated heterocycles. The van der Waals surface area contributed by atoms with Crippen LogP contribution in [0, 0.1) is 0 Å². The average Bonchev–Trinajstić information content (AvgIpc) is 2.56. The van der Waals surface area contributed by atoms with Crippen molar-refractivity contribution in [1.82, 2.24) is 9.97 Å². The number of rotatable bonds is 4. The second kappa shape index (κ2) is 6.62. The Morgan fingerprint density at radius 2 is 1.82 bits per heavy atom. The van der Waals surface area contributed by atoms with Gasteiger partial charge in [0.15, 0.2) is 0 Å². The molecule has 0 unspecified atom stereocenters. The molecule has 1 aliphatic rings. The van der Waals surface area contributed by atoms with Crippen LogP contribution < -0.4 is 15.1 Å². The van der Waals surface area contributed by atoms with Crippen molar-refractivity contribution >= 4 is 23.0 Å². The topological polar surface area (TPSA) is 53.5 Å². The fourth-order valence-electron chi connectivity index (χ4n) is 2.38. The van der Waals surface area contributed by atoms with Gasteiger partial charge in [0.2, 0.25) is 0 Å². The first-order valence-corrected chi connectivity index (χ1v) is 7.41. The summed E-state index contributed by atoms with van der Waals surface area (Å²) in [6.45, 7) is 3.50. The van der Waals surface area contributed by atoms with Gasteiger partial charge in [-0.25, -0.2) is 9.97 Å². The van der Waals surface area contributed by atoms with Crippen molar-refractivity contribution < 1.29 is 4.74 Å². The van der Waals surface area contributed by atoms with Crippen LogP contribution in [-0.2, 0) is 4.74 Å². The summed E-state index contributed by atoms with van der Waals surface area (Å²) < 4.78 is 5.38. The number of nitrogens with one attached hydrogen (secondary N) is 1. The highest BCUT2D eigenvalue weighted by Gasteiger charge is 2.10. The van der Waals surface area contributed by atoms with Gasteiger partial charge in [-0.15, -0.1) is 0 Å². The third-order valence-corrected chi connectivity index (χ3v) is 3.63. The molecule has 0 amide bonds. The summed E-state index contributed by atoms with van der Waals surface area (Å²) in [6, 6.07) is 10.3. The summed E-state index contributed by atoms with van der Waals surface area (Å²) in [7, 11) is 3.92. The Hall–Kier alpha value is -2.34. The minimum absolute atomic E-state index is 0.790. The van der Waals surface area contributed by atoms with Gasteiger partial charge in [-0.05, 0) is 24.3 Å². The molecule has 6 nitrogen and oxygen atoms in total. The molecule has 0 spiro atoms. The summed E-state index contributed by atoms with van der Waals surface area (Å²) in [4.78, 5) is 12.8. The number of anilines is 4. The van der Waals surface area contributed by atoms with Crippen LogP contribution in [0.2, 0.25) is 0 Å². The Kier molecular flexibility index (Phi) is 4.39. The predicted octanol–water partition coefficient (Wildman–Crippen LogP) is 2.12. The Balaban J connectivity index is 1.69. The highest BCUT2D eigenvalue weighted by atomic mass is 16.5. The molecule has 0 atom stereocenters. The van der Waals surface area contributed by atoms with E-state index in [0.717, 1.165) is 43.6 Å². The minimum atomic E-state index is 0.790. The van der Waals surface area contributed by atoms with E-state index in [0.29, 0.717) is 0 Å². The molecule has 0 radical (unpaired) electrons. The second-order valence-electron chi connectivity index (χ2n) is 5.43. The third kappa shape index (κ3) is 3.46. The molecule has 116 valence electrons. The molecule has 1 aromatic heterocycles. The van der Waals surface area contributed by atoms with E-state index >= 15 is 0 Å². The number of morpholine rings is 1. The quantitative estimate of drug-likeness (QED) is 0.933. The van der Waals surface area contributed by atoms with E-state index in [2.05, 4.69) is 44.5 Å². The third-order valence-electron chi connectivity index (χ3n) is 3.63. The van der Waals surface area contributed by atoms with Gasteiger partial charge < -0.3 is 19.9 Å². The largest absolute Gasteiger partial charge is 0.378 e. The van der Waals surface area contributed by atoms with E-state index in [1.165, 1.54) is 5.69 Å². The lowest BCUT2D eigenvalue weighted by atomic mass is 10.2. The first-order valence-electron chi connectivity index (χ1n) is 7.41. The molecule has 6 heteroatoms. The van der Waals surface area contributed by atoms with Crippen LogP contribution in [0.3, 0.4) is 0 Å². The van der Waals surface area contributed by atoms with Gasteiger partial charge in [-0.2, -0.15) is 0 Å². The number of hydrogen-bond acceptors (Lipinski definition) is 6. The summed E-state index contributed by atoms with van der Waals surface area (Å²) in [5, 5.41) is 3.31. The van der Waals surface area contributed by atoms with Gasteiger partial charge in [-0.1, -0.05) is 0 Å². The number of nitrogens with zero attached hydrogens (tertiary/aromatic N) is 4. The van der Waals surface area contributed by atoms with Gasteiger partial charge >= 0.3 is 0 Å². The molecule has 0 saturated carbocycles. The highest BCUT2D eigenvalue weighted by Crippen LogP contribution is 2.22. The first kappa shape index (κ1) is 14.6. The molecule has 1 aromatic carbocycles. The summed E-state index contributed by atoms with van der Waals surface area (Å²) >= 11 is 0. The molecule has 1 N–H and O–H groups in total. The molecule has 1 fully saturated rings. The maximum atomic E-state index is 5.38. The monoisotopic (exact) mass is 299 g/mol. The molecule has 2 aromatic rings. The summed E-state index contributed by atoms with van der Waals surface area (Å²) in [5.41, 5.74) is 2.24. The molecule has 0 bridgehead atoms. The Labute approximate surface area is 130 Å². The molecule has 2 heterocycles. The number of benzene rings is 1. The van der Waals surface area contributed by atoms with E-state index in [4.69, 9.17) is 4.74 Å². The van der Waals surface area contributed by atoms with Crippen LogP contribution >= 0.6 is 0 Å². The SMILES string of the molecule is CN(C)c1cc(Nc2ccc(N3CCOCC3)cc2)ncn1. The smallest absolute Gasteiger partial charge is 0.135 e. The van der Waals surface area contributed by atoms with E-state index in [9.17, 15) is 0 Å². The lowest BCUT2D eigenvalue weighted by Crippen LogP contribution is -2.36. The number of aromatic nitrogens is 2. The molecule has 3 rings (SSSR count). The van der Waals surface area contributed by atoms with Gasteiger partial charge in [0.05, 0.1) is 13.2 Å². The fraction of sp³-hybridized carbons (Fsp3) is 0.375. The zero-order chi connectivity index (χ0) is 15.4. The first-order chi connectivity index (χ1) is 10.7. The predicted molar refractivity (Wildman–Crippen MR) is 89.1 cm³/mol. The van der Waals surface area contributed by atoms with Crippen LogP contribution in [0.25, 0.3) is 0 Å². The lowest BCUT2D eigenvalue weighted by Gasteiger charge is -2.28. The maximum Gasteiger partial charge on any atom is 0.135 e. The Morgan fingerprint density at radius 1 is 1.09 bits per heavy atom. The van der Waals surface area contributed by atoms with Gasteiger partial charge in [-0.3, -0.25) is 0 Å². The van der Waals surface area contributed by atoms with Crippen molar-refractivity contribution in [3.63, 3.8) is 0 Å². The van der Waals surface area contributed by atoms with Crippen LogP contribution in [0.5, 0.6) is 0 Å². The van der Waals surface area contributed by atoms with E-state index < -0.39 is 0 Å². The highest BCUT2D eigenvalue weighted by molar-refractivity contribution is 5.62. The average molecular weight is 299 g/mol. The standard InChI is InChI=1S/C16H21N5O/c1-20(2)16-11-15(17-12-18-16)19-13-3-5-14(6-4-13)21-7-9-22-10-8-21/h3-6,11-12H,7-10H2,1-2H3,(H,17,18,19). The molecular formula is C16H21N5O. The van der Waals surface area contributed by atoms with E-state index in [-0.39, 0.29) is 0 Å². The van der Waals surface area contributed by atoms with E-state index in [1.54, 1.807) is 6.33 Å². The van der Waals surface area contributed by atoms with Crippen LogP contribution in [0.15, 0.2) is 36.7 Å². The summed E-state index contributed by atoms with van der Waals surface area (Å²) in [5.74, 6) is 1.67. The van der Waals surface area contributed by atoms with Crippen molar-refractivity contribution in [3.8, 4) is 0 Å². The Bertz CT molecular complexity index is 608. The fourth-order valence-corrected chi connectivity index (χ4v) is 2.38. The van der Waals surface area contributed by atoms with Gasteiger partial charge in [0.25, 0.3) is 0 Å². The van der Waals surface area contributed by atoms with Crippen LogP contribution in [0.4, 0.5) is 23.0 Å². The lowest BCUT2D eigenvalue weighted by molar-refractivity contribution is 0.122. The maximum absolute atomic E-state index is 5.38. The van der Waals surface area contributed by atoms with Crippen LogP contribution in [-0.4, -0.2) is 50.4 Å². The van der Waals surface area contributed by atoms with Crippen molar-refractivity contribution in [3.05, 3.63) is 36.7 Å².